The first kappa shape index (κ1) is 20.3. The van der Waals surface area contributed by atoms with Gasteiger partial charge in [0.25, 0.3) is 5.69 Å². The lowest BCUT2D eigenvalue weighted by Gasteiger charge is -2.22. The lowest BCUT2D eigenvalue weighted by molar-refractivity contribution is -0.384. The van der Waals surface area contributed by atoms with Gasteiger partial charge in [0.15, 0.2) is 0 Å². The summed E-state index contributed by atoms with van der Waals surface area (Å²) >= 11 is 0. The molecule has 1 heterocycles. The highest BCUT2D eigenvalue weighted by atomic mass is 31.2. The molecule has 1 N–H and O–H groups in total. The van der Waals surface area contributed by atoms with Gasteiger partial charge in [-0.1, -0.05) is 72.8 Å². The summed E-state index contributed by atoms with van der Waals surface area (Å²) in [6.07, 6.45) is 1.40. The van der Waals surface area contributed by atoms with Crippen LogP contribution in [0.4, 0.5) is 5.69 Å². The van der Waals surface area contributed by atoms with Gasteiger partial charge in [0.2, 0.25) is 7.29 Å². The van der Waals surface area contributed by atoms with Crippen LogP contribution in [0.2, 0.25) is 0 Å². The molecule has 0 fully saturated rings. The van der Waals surface area contributed by atoms with Crippen molar-refractivity contribution in [3.8, 4) is 0 Å². The minimum atomic E-state index is -3.26. The fourth-order valence-electron chi connectivity index (χ4n) is 3.00. The molecule has 7 nitrogen and oxygen atoms in total. The molecular weight excluding hydrogens is 413 g/mol. The first-order chi connectivity index (χ1) is 15.0. The van der Waals surface area contributed by atoms with Crippen LogP contribution in [0, 0.1) is 10.1 Å². The Kier molecular flexibility index (Phi) is 5.78. The average Bonchev–Trinajstić information content (AvgIpc) is 2.80. The van der Waals surface area contributed by atoms with E-state index in [1.807, 2.05) is 60.7 Å². The number of nitrogens with one attached hydrogen (secondary N) is 1. The SMILES string of the molecule is O=[N+]([O-])c1cccc(C=NNP2(=O)C=C(c3ccccc3)OC(c3ccccc3)=C2)c1. The number of ether oxygens (including phenoxy) is 1. The fraction of sp³-hybridized carbons (Fsp3) is 0. The highest BCUT2D eigenvalue weighted by Gasteiger charge is 2.26. The number of benzene rings is 3. The van der Waals surface area contributed by atoms with E-state index in [0.29, 0.717) is 17.1 Å². The van der Waals surface area contributed by atoms with Crippen LogP contribution in [0.5, 0.6) is 0 Å². The highest BCUT2D eigenvalue weighted by molar-refractivity contribution is 7.68. The molecule has 0 unspecified atom stereocenters. The summed E-state index contributed by atoms with van der Waals surface area (Å²) in [4.78, 5) is 10.5. The molecule has 3 aromatic carbocycles. The molecule has 1 aliphatic heterocycles. The molecule has 1 aliphatic rings. The predicted octanol–water partition coefficient (Wildman–Crippen LogP) is 5.82. The Labute approximate surface area is 179 Å². The maximum atomic E-state index is 13.6. The third kappa shape index (κ3) is 4.97. The molecule has 3 aromatic rings. The minimum absolute atomic E-state index is 0.0424. The van der Waals surface area contributed by atoms with Gasteiger partial charge in [-0.15, -0.1) is 0 Å². The number of hydrazone groups is 1. The van der Waals surface area contributed by atoms with E-state index >= 15 is 0 Å². The van der Waals surface area contributed by atoms with E-state index in [9.17, 15) is 14.7 Å². The van der Waals surface area contributed by atoms with Crippen LogP contribution in [-0.4, -0.2) is 11.1 Å². The number of rotatable bonds is 6. The normalized spacial score (nSPS) is 15.0. The Morgan fingerprint density at radius 2 is 1.45 bits per heavy atom. The van der Waals surface area contributed by atoms with Crippen molar-refractivity contribution in [2.45, 2.75) is 0 Å². The van der Waals surface area contributed by atoms with Crippen LogP contribution in [0.25, 0.3) is 11.5 Å². The molecule has 0 saturated carbocycles. The lowest BCUT2D eigenvalue weighted by atomic mass is 10.2. The molecule has 0 aliphatic carbocycles. The second-order valence-electron chi connectivity index (χ2n) is 6.74. The van der Waals surface area contributed by atoms with Crippen molar-refractivity contribution in [1.82, 2.24) is 5.20 Å². The van der Waals surface area contributed by atoms with Gasteiger partial charge in [-0.2, -0.15) is 5.10 Å². The van der Waals surface area contributed by atoms with E-state index in [-0.39, 0.29) is 5.69 Å². The number of nitrogens with zero attached hydrogens (tertiary/aromatic N) is 2. The maximum absolute atomic E-state index is 13.6. The summed E-state index contributed by atoms with van der Waals surface area (Å²) in [5.41, 5.74) is 2.04. The number of hydrogen-bond acceptors (Lipinski definition) is 5. The summed E-state index contributed by atoms with van der Waals surface area (Å²) in [5, 5.41) is 17.7. The fourth-order valence-corrected chi connectivity index (χ4v) is 4.53. The zero-order valence-corrected chi connectivity index (χ0v) is 17.2. The molecule has 0 amide bonds. The lowest BCUT2D eigenvalue weighted by Crippen LogP contribution is -2.06. The van der Waals surface area contributed by atoms with Crippen molar-refractivity contribution in [3.63, 3.8) is 0 Å². The van der Waals surface area contributed by atoms with Gasteiger partial charge in [0.05, 0.1) is 11.1 Å². The van der Waals surface area contributed by atoms with E-state index in [4.69, 9.17) is 4.74 Å². The second kappa shape index (κ2) is 8.81. The van der Waals surface area contributed by atoms with Gasteiger partial charge < -0.3 is 4.74 Å². The molecule has 0 bridgehead atoms. The zero-order chi connectivity index (χ0) is 21.7. The van der Waals surface area contributed by atoms with Gasteiger partial charge in [-0.25, -0.2) is 0 Å². The summed E-state index contributed by atoms with van der Waals surface area (Å²) < 4.78 is 19.6. The van der Waals surface area contributed by atoms with E-state index < -0.39 is 12.2 Å². The van der Waals surface area contributed by atoms with Crippen molar-refractivity contribution >= 4 is 30.7 Å². The van der Waals surface area contributed by atoms with Crippen LogP contribution >= 0.6 is 7.29 Å². The Balaban J connectivity index is 1.65. The Morgan fingerprint density at radius 3 is 2.00 bits per heavy atom. The molecule has 0 atom stereocenters. The predicted molar refractivity (Wildman–Crippen MR) is 121 cm³/mol. The minimum Gasteiger partial charge on any atom is -0.456 e. The largest absolute Gasteiger partial charge is 0.456 e. The maximum Gasteiger partial charge on any atom is 0.270 e. The Morgan fingerprint density at radius 1 is 0.871 bits per heavy atom. The molecule has 31 heavy (non-hydrogen) atoms. The van der Waals surface area contributed by atoms with Gasteiger partial charge in [0, 0.05) is 40.5 Å². The van der Waals surface area contributed by atoms with E-state index in [1.165, 1.54) is 30.0 Å². The average molecular weight is 431 g/mol. The molecule has 0 radical (unpaired) electrons. The second-order valence-corrected chi connectivity index (χ2v) is 8.88. The van der Waals surface area contributed by atoms with Crippen LogP contribution in [0.15, 0.2) is 102 Å². The van der Waals surface area contributed by atoms with Gasteiger partial charge in [-0.05, 0) is 0 Å². The summed E-state index contributed by atoms with van der Waals surface area (Å²) in [5.74, 6) is 3.98. The van der Waals surface area contributed by atoms with Crippen molar-refractivity contribution < 1.29 is 14.2 Å². The molecular formula is C23H18N3O4P. The quantitative estimate of drug-likeness (QED) is 0.230. The number of hydrogen-bond donors (Lipinski definition) is 1. The third-order valence-electron chi connectivity index (χ3n) is 4.46. The van der Waals surface area contributed by atoms with E-state index in [2.05, 4.69) is 10.3 Å². The van der Waals surface area contributed by atoms with E-state index in [1.54, 1.807) is 12.1 Å². The highest BCUT2D eigenvalue weighted by Crippen LogP contribution is 2.53. The zero-order valence-electron chi connectivity index (χ0n) is 16.3. The summed E-state index contributed by atoms with van der Waals surface area (Å²) in [6.45, 7) is 0. The van der Waals surface area contributed by atoms with Crippen LogP contribution in [-0.2, 0) is 9.30 Å². The van der Waals surface area contributed by atoms with Crippen molar-refractivity contribution in [1.29, 1.82) is 0 Å². The molecule has 0 saturated heterocycles. The Hall–Kier alpha value is -3.96. The van der Waals surface area contributed by atoms with Gasteiger partial charge in [0.1, 0.15) is 11.5 Å². The molecule has 0 aromatic heterocycles. The van der Waals surface area contributed by atoms with Crippen LogP contribution in [0.3, 0.4) is 0 Å². The summed E-state index contributed by atoms with van der Waals surface area (Å²) in [7, 11) is -3.26. The Bertz CT molecular complexity index is 1180. The molecule has 0 spiro atoms. The monoisotopic (exact) mass is 431 g/mol. The first-order valence-electron chi connectivity index (χ1n) is 9.41. The molecule has 4 rings (SSSR count). The standard InChI is InChI=1S/C23H18N3O4P/c27-26(28)21-13-7-8-18(14-21)15-24-25-31(29)16-22(19-9-3-1-4-10-19)30-23(17-31)20-11-5-2-6-12-20/h1-17H,(H,25,29). The van der Waals surface area contributed by atoms with Crippen LogP contribution < -0.4 is 5.20 Å². The molecule has 154 valence electrons. The molecule has 8 heteroatoms. The number of nitro groups is 1. The van der Waals surface area contributed by atoms with Crippen molar-refractivity contribution in [2.75, 3.05) is 0 Å². The van der Waals surface area contributed by atoms with Gasteiger partial charge in [-0.3, -0.25) is 19.9 Å². The first-order valence-corrected chi connectivity index (χ1v) is 11.3. The van der Waals surface area contributed by atoms with Crippen molar-refractivity contribution in [3.05, 3.63) is 123 Å². The number of nitro benzene ring substituents is 1. The van der Waals surface area contributed by atoms with Crippen LogP contribution in [0.1, 0.15) is 16.7 Å². The topological polar surface area (TPSA) is 93.8 Å². The number of non-ortho nitro benzene ring substituents is 1. The van der Waals surface area contributed by atoms with Crippen molar-refractivity contribution in [2.24, 2.45) is 5.10 Å². The smallest absolute Gasteiger partial charge is 0.270 e. The third-order valence-corrected chi connectivity index (χ3v) is 6.13. The van der Waals surface area contributed by atoms with Gasteiger partial charge >= 0.3 is 0 Å². The van der Waals surface area contributed by atoms with E-state index in [0.717, 1.165) is 11.1 Å². The summed E-state index contributed by atoms with van der Waals surface area (Å²) in [6, 6.07) is 24.8.